The lowest BCUT2D eigenvalue weighted by molar-refractivity contribution is 0.307. The van der Waals surface area contributed by atoms with Crippen molar-refractivity contribution in [2.24, 2.45) is 5.73 Å². The first-order valence-electron chi connectivity index (χ1n) is 7.47. The summed E-state index contributed by atoms with van der Waals surface area (Å²) in [6, 6.07) is 13.1. The number of phenolic OH excluding ortho intramolecular Hbond substituents is 1. The Kier molecular flexibility index (Phi) is 5.67. The molecule has 0 amide bonds. The number of methoxy groups -OCH3 is 1. The largest absolute Gasteiger partial charge is 0.508 e. The van der Waals surface area contributed by atoms with Gasteiger partial charge in [0, 0.05) is 5.92 Å². The van der Waals surface area contributed by atoms with Gasteiger partial charge in [0.25, 0.3) is 0 Å². The van der Waals surface area contributed by atoms with Gasteiger partial charge in [-0.15, -0.1) is 0 Å². The molecule has 2 rings (SSSR count). The fourth-order valence-electron chi connectivity index (χ4n) is 2.54. The molecule has 0 aliphatic carbocycles. The number of ether oxygens (including phenoxy) is 2. The van der Waals surface area contributed by atoms with Gasteiger partial charge in [-0.2, -0.15) is 0 Å². The van der Waals surface area contributed by atoms with Crippen LogP contribution >= 0.6 is 0 Å². The quantitative estimate of drug-likeness (QED) is 0.825. The normalized spacial score (nSPS) is 12.0. The monoisotopic (exact) mass is 301 g/mol. The second-order valence-electron chi connectivity index (χ2n) is 5.11. The van der Waals surface area contributed by atoms with Crippen LogP contribution in [0.5, 0.6) is 17.2 Å². The van der Waals surface area contributed by atoms with Crippen LogP contribution in [0.4, 0.5) is 0 Å². The zero-order valence-electron chi connectivity index (χ0n) is 13.1. The minimum Gasteiger partial charge on any atom is -0.508 e. The predicted molar refractivity (Wildman–Crippen MR) is 87.8 cm³/mol. The van der Waals surface area contributed by atoms with Crippen LogP contribution in [0.1, 0.15) is 24.0 Å². The maximum atomic E-state index is 9.42. The van der Waals surface area contributed by atoms with Gasteiger partial charge in [-0.1, -0.05) is 24.3 Å². The molecule has 2 aromatic rings. The van der Waals surface area contributed by atoms with E-state index >= 15 is 0 Å². The molecular formula is C18H23NO3. The average Bonchev–Trinajstić information content (AvgIpc) is 2.55. The van der Waals surface area contributed by atoms with Crippen molar-refractivity contribution < 1.29 is 14.6 Å². The highest BCUT2D eigenvalue weighted by Gasteiger charge is 2.16. The van der Waals surface area contributed by atoms with E-state index in [0.29, 0.717) is 13.2 Å². The number of para-hydroxylation sites is 1. The van der Waals surface area contributed by atoms with Gasteiger partial charge in [0.2, 0.25) is 0 Å². The highest BCUT2D eigenvalue weighted by Crippen LogP contribution is 2.34. The van der Waals surface area contributed by atoms with Crippen molar-refractivity contribution in [2.45, 2.75) is 19.3 Å². The molecule has 22 heavy (non-hydrogen) atoms. The molecule has 4 heteroatoms. The number of hydrogen-bond donors (Lipinski definition) is 2. The van der Waals surface area contributed by atoms with Crippen LogP contribution in [-0.2, 0) is 6.42 Å². The number of phenols is 1. The second-order valence-corrected chi connectivity index (χ2v) is 5.11. The van der Waals surface area contributed by atoms with Gasteiger partial charge < -0.3 is 20.3 Å². The third-order valence-electron chi connectivity index (χ3n) is 3.68. The van der Waals surface area contributed by atoms with E-state index in [1.807, 2.05) is 37.3 Å². The molecule has 4 nitrogen and oxygen atoms in total. The standard InChI is InChI=1S/C18H23NO3/c1-3-22-18-14(5-4-6-17(18)21-2)11-15(12-19)13-7-9-16(20)10-8-13/h4-10,15,20H,3,11-12,19H2,1-2H3. The highest BCUT2D eigenvalue weighted by molar-refractivity contribution is 5.47. The van der Waals surface area contributed by atoms with E-state index < -0.39 is 0 Å². The van der Waals surface area contributed by atoms with Crippen molar-refractivity contribution in [1.82, 2.24) is 0 Å². The van der Waals surface area contributed by atoms with E-state index in [0.717, 1.165) is 29.0 Å². The van der Waals surface area contributed by atoms with E-state index in [1.165, 1.54) is 0 Å². The van der Waals surface area contributed by atoms with Crippen LogP contribution in [0.2, 0.25) is 0 Å². The maximum Gasteiger partial charge on any atom is 0.164 e. The Balaban J connectivity index is 2.29. The van der Waals surface area contributed by atoms with Crippen molar-refractivity contribution in [2.75, 3.05) is 20.3 Å². The van der Waals surface area contributed by atoms with Gasteiger partial charge in [0.1, 0.15) is 5.75 Å². The smallest absolute Gasteiger partial charge is 0.164 e. The van der Waals surface area contributed by atoms with E-state index in [2.05, 4.69) is 0 Å². The minimum absolute atomic E-state index is 0.159. The van der Waals surface area contributed by atoms with Crippen LogP contribution in [0, 0.1) is 0 Å². The van der Waals surface area contributed by atoms with Gasteiger partial charge in [0.15, 0.2) is 11.5 Å². The van der Waals surface area contributed by atoms with Gasteiger partial charge in [-0.05, 0) is 49.2 Å². The fourth-order valence-corrected chi connectivity index (χ4v) is 2.54. The lowest BCUT2D eigenvalue weighted by atomic mass is 9.91. The number of rotatable bonds is 7. The van der Waals surface area contributed by atoms with Crippen molar-refractivity contribution in [3.8, 4) is 17.2 Å². The first-order chi connectivity index (χ1) is 10.7. The fraction of sp³-hybridized carbons (Fsp3) is 0.333. The van der Waals surface area contributed by atoms with Crippen molar-refractivity contribution in [1.29, 1.82) is 0 Å². The summed E-state index contributed by atoms with van der Waals surface area (Å²) in [6.07, 6.45) is 0.758. The molecule has 0 radical (unpaired) electrons. The Bertz CT molecular complexity index is 596. The SMILES string of the molecule is CCOc1c(CC(CN)c2ccc(O)cc2)cccc1OC. The molecule has 0 fully saturated rings. The summed E-state index contributed by atoms with van der Waals surface area (Å²) < 4.78 is 11.1. The molecule has 3 N–H and O–H groups in total. The molecule has 0 saturated heterocycles. The van der Waals surface area contributed by atoms with Crippen LogP contribution in [0.3, 0.4) is 0 Å². The zero-order chi connectivity index (χ0) is 15.9. The van der Waals surface area contributed by atoms with Crippen LogP contribution < -0.4 is 15.2 Å². The summed E-state index contributed by atoms with van der Waals surface area (Å²) in [5.41, 5.74) is 8.13. The molecular weight excluding hydrogens is 278 g/mol. The molecule has 2 aromatic carbocycles. The topological polar surface area (TPSA) is 64.7 Å². The van der Waals surface area contributed by atoms with E-state index in [-0.39, 0.29) is 11.7 Å². The average molecular weight is 301 g/mol. The Labute approximate surface area is 131 Å². The molecule has 0 aromatic heterocycles. The summed E-state index contributed by atoms with van der Waals surface area (Å²) in [5, 5.41) is 9.42. The third kappa shape index (κ3) is 3.71. The van der Waals surface area contributed by atoms with E-state index in [1.54, 1.807) is 19.2 Å². The Morgan fingerprint density at radius 3 is 2.45 bits per heavy atom. The third-order valence-corrected chi connectivity index (χ3v) is 3.68. The summed E-state index contributed by atoms with van der Waals surface area (Å²) in [6.45, 7) is 3.06. The Hall–Kier alpha value is -2.20. The van der Waals surface area contributed by atoms with Gasteiger partial charge >= 0.3 is 0 Å². The lowest BCUT2D eigenvalue weighted by Gasteiger charge is -2.19. The first kappa shape index (κ1) is 16.2. The summed E-state index contributed by atoms with van der Waals surface area (Å²) in [4.78, 5) is 0. The maximum absolute atomic E-state index is 9.42. The summed E-state index contributed by atoms with van der Waals surface area (Å²) in [5.74, 6) is 1.94. The zero-order valence-corrected chi connectivity index (χ0v) is 13.1. The molecule has 0 bridgehead atoms. The molecule has 1 atom stereocenters. The number of aromatic hydroxyl groups is 1. The molecule has 118 valence electrons. The predicted octanol–water partition coefficient (Wildman–Crippen LogP) is 3.08. The number of benzene rings is 2. The Morgan fingerprint density at radius 2 is 1.86 bits per heavy atom. The van der Waals surface area contributed by atoms with Gasteiger partial charge in [0.05, 0.1) is 13.7 Å². The van der Waals surface area contributed by atoms with Crippen LogP contribution in [0.25, 0.3) is 0 Å². The lowest BCUT2D eigenvalue weighted by Crippen LogP contribution is -2.15. The second kappa shape index (κ2) is 7.71. The highest BCUT2D eigenvalue weighted by atomic mass is 16.5. The number of nitrogens with two attached hydrogens (primary N) is 1. The minimum atomic E-state index is 0.159. The van der Waals surface area contributed by atoms with Crippen molar-refractivity contribution in [3.05, 3.63) is 53.6 Å². The van der Waals surface area contributed by atoms with Crippen molar-refractivity contribution in [3.63, 3.8) is 0 Å². The Morgan fingerprint density at radius 1 is 1.14 bits per heavy atom. The summed E-state index contributed by atoms with van der Waals surface area (Å²) >= 11 is 0. The van der Waals surface area contributed by atoms with Crippen LogP contribution in [0.15, 0.2) is 42.5 Å². The van der Waals surface area contributed by atoms with Crippen LogP contribution in [-0.4, -0.2) is 25.4 Å². The van der Waals surface area contributed by atoms with Crippen molar-refractivity contribution >= 4 is 0 Å². The molecule has 0 aliphatic heterocycles. The van der Waals surface area contributed by atoms with Gasteiger partial charge in [-0.25, -0.2) is 0 Å². The van der Waals surface area contributed by atoms with Gasteiger partial charge in [-0.3, -0.25) is 0 Å². The molecule has 0 aliphatic rings. The first-order valence-corrected chi connectivity index (χ1v) is 7.47. The van der Waals surface area contributed by atoms with E-state index in [9.17, 15) is 5.11 Å². The molecule has 0 saturated carbocycles. The number of hydrogen-bond acceptors (Lipinski definition) is 4. The molecule has 0 spiro atoms. The summed E-state index contributed by atoms with van der Waals surface area (Å²) in [7, 11) is 1.64. The molecule has 0 heterocycles. The molecule has 1 unspecified atom stereocenters. The van der Waals surface area contributed by atoms with E-state index in [4.69, 9.17) is 15.2 Å².